The van der Waals surface area contributed by atoms with Gasteiger partial charge in [0.1, 0.15) is 11.9 Å². The zero-order valence-corrected chi connectivity index (χ0v) is 15.2. The van der Waals surface area contributed by atoms with Crippen LogP contribution in [-0.2, 0) is 4.79 Å². The lowest BCUT2D eigenvalue weighted by atomic mass is 10.0. The van der Waals surface area contributed by atoms with Crippen molar-refractivity contribution in [1.29, 1.82) is 0 Å². The van der Waals surface area contributed by atoms with Crippen molar-refractivity contribution in [2.45, 2.75) is 19.9 Å². The summed E-state index contributed by atoms with van der Waals surface area (Å²) in [4.78, 5) is 24.5. The molecule has 1 atom stereocenters. The Balaban J connectivity index is 1.94. The number of hydrazone groups is 1. The Bertz CT molecular complexity index is 832. The minimum absolute atomic E-state index is 0.106. The number of hydrogen-bond donors (Lipinski definition) is 2. The lowest BCUT2D eigenvalue weighted by molar-refractivity contribution is -0.123. The molecule has 5 nitrogen and oxygen atoms in total. The number of nitrogens with one attached hydrogen (secondary N) is 2. The molecule has 0 radical (unpaired) electrons. The number of nitrogens with zero attached hydrogens (tertiary/aromatic N) is 1. The molecule has 0 fully saturated rings. The Morgan fingerprint density at radius 1 is 1.04 bits per heavy atom. The highest BCUT2D eigenvalue weighted by atomic mass is 19.1. The van der Waals surface area contributed by atoms with Crippen molar-refractivity contribution in [2.75, 3.05) is 0 Å². The number of allylic oxidation sites excluding steroid dienone is 1. The molecule has 27 heavy (non-hydrogen) atoms. The fraction of sp³-hybridized carbons (Fsp3) is 0.190. The number of carbonyl (C=O) groups is 2. The zero-order valence-electron chi connectivity index (χ0n) is 15.2. The third-order valence-electron chi connectivity index (χ3n) is 3.78. The summed E-state index contributed by atoms with van der Waals surface area (Å²) in [6.45, 7) is 3.57. The van der Waals surface area contributed by atoms with Crippen molar-refractivity contribution >= 4 is 24.1 Å². The molecule has 2 aromatic rings. The molecule has 0 aromatic heterocycles. The largest absolute Gasteiger partial charge is 0.340 e. The molecule has 0 aliphatic rings. The van der Waals surface area contributed by atoms with Crippen LogP contribution >= 0.6 is 0 Å². The second kappa shape index (κ2) is 10.0. The van der Waals surface area contributed by atoms with Gasteiger partial charge in [-0.1, -0.05) is 62.4 Å². The minimum Gasteiger partial charge on any atom is -0.340 e. The summed E-state index contributed by atoms with van der Waals surface area (Å²) < 4.78 is 13.7. The van der Waals surface area contributed by atoms with Gasteiger partial charge < -0.3 is 5.32 Å². The number of hydrogen-bond acceptors (Lipinski definition) is 3. The van der Waals surface area contributed by atoms with E-state index in [1.54, 1.807) is 26.0 Å². The molecule has 0 saturated heterocycles. The zero-order chi connectivity index (χ0) is 19.6. The van der Waals surface area contributed by atoms with E-state index in [1.165, 1.54) is 24.4 Å². The fourth-order valence-corrected chi connectivity index (χ4v) is 2.33. The van der Waals surface area contributed by atoms with Crippen molar-refractivity contribution in [3.8, 4) is 0 Å². The molecular weight excluding hydrogens is 345 g/mol. The smallest absolute Gasteiger partial charge is 0.262 e. The number of rotatable bonds is 7. The molecule has 2 amide bonds. The summed E-state index contributed by atoms with van der Waals surface area (Å²) >= 11 is 0. The molecule has 140 valence electrons. The van der Waals surface area contributed by atoms with E-state index < -0.39 is 23.7 Å². The van der Waals surface area contributed by atoms with Crippen LogP contribution in [0.5, 0.6) is 0 Å². The summed E-state index contributed by atoms with van der Waals surface area (Å²) in [5, 5.41) is 6.41. The van der Waals surface area contributed by atoms with E-state index in [4.69, 9.17) is 0 Å². The van der Waals surface area contributed by atoms with Crippen LogP contribution in [0.25, 0.3) is 6.08 Å². The Kier molecular flexibility index (Phi) is 7.43. The second-order valence-electron chi connectivity index (χ2n) is 6.20. The minimum atomic E-state index is -0.840. The van der Waals surface area contributed by atoms with Crippen molar-refractivity contribution in [1.82, 2.24) is 10.7 Å². The molecule has 0 heterocycles. The Labute approximate surface area is 158 Å². The third-order valence-corrected chi connectivity index (χ3v) is 3.78. The molecule has 0 spiro atoms. The first-order chi connectivity index (χ1) is 13.0. The third kappa shape index (κ3) is 6.18. The highest BCUT2D eigenvalue weighted by Crippen LogP contribution is 2.09. The van der Waals surface area contributed by atoms with Crippen molar-refractivity contribution in [3.63, 3.8) is 0 Å². The predicted molar refractivity (Wildman–Crippen MR) is 105 cm³/mol. The average molecular weight is 367 g/mol. The van der Waals surface area contributed by atoms with E-state index in [0.717, 1.165) is 5.56 Å². The molecule has 0 aliphatic heterocycles. The summed E-state index contributed by atoms with van der Waals surface area (Å²) in [6, 6.07) is 14.4. The normalized spacial score (nSPS) is 12.4. The van der Waals surface area contributed by atoms with Crippen molar-refractivity contribution in [2.24, 2.45) is 11.0 Å². The van der Waals surface area contributed by atoms with Gasteiger partial charge in [0.25, 0.3) is 11.8 Å². The quantitative estimate of drug-likeness (QED) is 0.582. The van der Waals surface area contributed by atoms with Crippen LogP contribution in [0.15, 0.2) is 65.8 Å². The van der Waals surface area contributed by atoms with Gasteiger partial charge in [-0.3, -0.25) is 9.59 Å². The molecular formula is C21H22FN3O2. The van der Waals surface area contributed by atoms with E-state index in [-0.39, 0.29) is 11.5 Å². The average Bonchev–Trinajstić information content (AvgIpc) is 2.66. The first-order valence-corrected chi connectivity index (χ1v) is 8.59. The van der Waals surface area contributed by atoms with Crippen LogP contribution < -0.4 is 10.7 Å². The van der Waals surface area contributed by atoms with Gasteiger partial charge in [-0.25, -0.2) is 9.82 Å². The van der Waals surface area contributed by atoms with Gasteiger partial charge in [0.15, 0.2) is 0 Å². The first kappa shape index (κ1) is 20.0. The Morgan fingerprint density at radius 3 is 2.37 bits per heavy atom. The lowest BCUT2D eigenvalue weighted by Gasteiger charge is -2.20. The highest BCUT2D eigenvalue weighted by molar-refractivity contribution is 5.97. The topological polar surface area (TPSA) is 70.6 Å². The maximum Gasteiger partial charge on any atom is 0.262 e. The molecule has 2 N–H and O–H groups in total. The fourth-order valence-electron chi connectivity index (χ4n) is 2.33. The summed E-state index contributed by atoms with van der Waals surface area (Å²) in [5.74, 6) is -1.95. The van der Waals surface area contributed by atoms with Crippen LogP contribution in [0.2, 0.25) is 0 Å². The standard InChI is InChI=1S/C21H22FN3O2/c1-15(2)19(24-20(26)17-12-6-7-13-18(17)22)21(27)25-23-14-8-11-16-9-4-3-5-10-16/h3-15,19H,1-2H3,(H,24,26)(H,25,27). The van der Waals surface area contributed by atoms with E-state index in [1.807, 2.05) is 36.4 Å². The van der Waals surface area contributed by atoms with E-state index in [2.05, 4.69) is 15.8 Å². The van der Waals surface area contributed by atoms with Crippen LogP contribution in [0.1, 0.15) is 29.8 Å². The molecule has 0 bridgehead atoms. The van der Waals surface area contributed by atoms with Crippen LogP contribution in [0.3, 0.4) is 0 Å². The second-order valence-corrected chi connectivity index (χ2v) is 6.20. The molecule has 2 aromatic carbocycles. The number of halogens is 1. The Hall–Kier alpha value is -3.28. The lowest BCUT2D eigenvalue weighted by Crippen LogP contribution is -2.48. The van der Waals surface area contributed by atoms with Crippen molar-refractivity contribution < 1.29 is 14.0 Å². The van der Waals surface area contributed by atoms with E-state index >= 15 is 0 Å². The van der Waals surface area contributed by atoms with Crippen LogP contribution in [-0.4, -0.2) is 24.1 Å². The number of benzene rings is 2. The predicted octanol–water partition coefficient (Wildman–Crippen LogP) is 3.40. The maximum absolute atomic E-state index is 13.7. The summed E-state index contributed by atoms with van der Waals surface area (Å²) in [5.41, 5.74) is 3.29. The summed E-state index contributed by atoms with van der Waals surface area (Å²) in [6.07, 6.45) is 4.98. The summed E-state index contributed by atoms with van der Waals surface area (Å²) in [7, 11) is 0. The van der Waals surface area contributed by atoms with Crippen molar-refractivity contribution in [3.05, 3.63) is 77.6 Å². The maximum atomic E-state index is 13.7. The van der Waals surface area contributed by atoms with Gasteiger partial charge in [-0.15, -0.1) is 0 Å². The molecule has 1 unspecified atom stereocenters. The van der Waals surface area contributed by atoms with E-state index in [9.17, 15) is 14.0 Å². The molecule has 0 saturated carbocycles. The van der Waals surface area contributed by atoms with Gasteiger partial charge in [-0.05, 0) is 29.7 Å². The number of carbonyl (C=O) groups excluding carboxylic acids is 2. The monoisotopic (exact) mass is 367 g/mol. The van der Waals surface area contributed by atoms with Gasteiger partial charge in [0.05, 0.1) is 5.56 Å². The van der Waals surface area contributed by atoms with Gasteiger partial charge in [0.2, 0.25) is 0 Å². The van der Waals surface area contributed by atoms with Crippen LogP contribution in [0, 0.1) is 11.7 Å². The first-order valence-electron chi connectivity index (χ1n) is 8.59. The molecule has 6 heteroatoms. The van der Waals surface area contributed by atoms with Crippen LogP contribution in [0.4, 0.5) is 4.39 Å². The van der Waals surface area contributed by atoms with E-state index in [0.29, 0.717) is 0 Å². The highest BCUT2D eigenvalue weighted by Gasteiger charge is 2.25. The number of amides is 2. The molecule has 2 rings (SSSR count). The SMILES string of the molecule is CC(C)C(NC(=O)c1ccccc1F)C(=O)NN=CC=Cc1ccccc1. The van der Waals surface area contributed by atoms with Gasteiger partial charge >= 0.3 is 0 Å². The van der Waals surface area contributed by atoms with Gasteiger partial charge in [0, 0.05) is 6.21 Å². The molecule has 0 aliphatic carbocycles. The van der Waals surface area contributed by atoms with Gasteiger partial charge in [-0.2, -0.15) is 5.10 Å². The Morgan fingerprint density at radius 2 is 1.70 bits per heavy atom.